The van der Waals surface area contributed by atoms with Gasteiger partial charge in [0.25, 0.3) is 0 Å². The lowest BCUT2D eigenvalue weighted by atomic mass is 10.1. The monoisotopic (exact) mass is 196 g/mol. The molecule has 1 heterocycles. The Labute approximate surface area is 86.0 Å². The predicted octanol–water partition coefficient (Wildman–Crippen LogP) is 1.21. The van der Waals surface area contributed by atoms with E-state index in [9.17, 15) is 4.79 Å². The molecule has 0 bridgehead atoms. The molecule has 1 aliphatic heterocycles. The van der Waals surface area contributed by atoms with Crippen LogP contribution in [0.25, 0.3) is 0 Å². The van der Waals surface area contributed by atoms with E-state index in [-0.39, 0.29) is 5.91 Å². The molecule has 0 aromatic rings. The van der Waals surface area contributed by atoms with E-state index in [4.69, 9.17) is 0 Å². The first-order valence-corrected chi connectivity index (χ1v) is 5.34. The Hall–Kier alpha value is -0.830. The van der Waals surface area contributed by atoms with Gasteiger partial charge in [0.2, 0.25) is 5.91 Å². The van der Waals surface area contributed by atoms with Crippen LogP contribution in [0.1, 0.15) is 33.1 Å². The van der Waals surface area contributed by atoms with Crippen LogP contribution >= 0.6 is 0 Å². The molecule has 14 heavy (non-hydrogen) atoms. The maximum Gasteiger partial charge on any atom is 0.243 e. The number of hydrogen-bond donors (Lipinski definition) is 2. The molecule has 1 fully saturated rings. The molecule has 0 aliphatic carbocycles. The summed E-state index contributed by atoms with van der Waals surface area (Å²) < 4.78 is 0. The molecule has 2 N–H and O–H groups in total. The van der Waals surface area contributed by atoms with Gasteiger partial charge in [-0.15, -0.1) is 0 Å². The van der Waals surface area contributed by atoms with E-state index in [0.717, 1.165) is 25.1 Å². The Kier molecular flexibility index (Phi) is 4.66. The van der Waals surface area contributed by atoms with Crippen molar-refractivity contribution in [3.63, 3.8) is 0 Å². The number of nitrogens with one attached hydrogen (secondary N) is 2. The van der Waals surface area contributed by atoms with Gasteiger partial charge in [0.15, 0.2) is 0 Å². The molecule has 3 heteroatoms. The minimum absolute atomic E-state index is 0.0306. The Morgan fingerprint density at radius 3 is 2.93 bits per heavy atom. The average Bonchev–Trinajstić information content (AvgIpc) is 2.55. The Balaban J connectivity index is 2.08. The Morgan fingerprint density at radius 1 is 1.57 bits per heavy atom. The van der Waals surface area contributed by atoms with E-state index >= 15 is 0 Å². The van der Waals surface area contributed by atoms with Gasteiger partial charge in [-0.2, -0.15) is 0 Å². The van der Waals surface area contributed by atoms with Gasteiger partial charge in [-0.1, -0.05) is 5.57 Å². The van der Waals surface area contributed by atoms with E-state index in [1.807, 2.05) is 13.8 Å². The minimum atomic E-state index is 0.0306. The second-order valence-electron chi connectivity index (χ2n) is 4.09. The smallest absolute Gasteiger partial charge is 0.243 e. The minimum Gasteiger partial charge on any atom is -0.352 e. The Morgan fingerprint density at radius 2 is 2.36 bits per heavy atom. The second kappa shape index (κ2) is 5.81. The number of rotatable bonds is 4. The van der Waals surface area contributed by atoms with E-state index in [2.05, 4.69) is 10.6 Å². The van der Waals surface area contributed by atoms with Gasteiger partial charge in [-0.3, -0.25) is 4.79 Å². The lowest BCUT2D eigenvalue weighted by Crippen LogP contribution is -2.29. The molecule has 0 aromatic carbocycles. The molecule has 1 rings (SSSR count). The first kappa shape index (κ1) is 11.2. The molecule has 1 amide bonds. The zero-order chi connectivity index (χ0) is 10.4. The number of carbonyl (C=O) groups is 1. The predicted molar refractivity (Wildman–Crippen MR) is 58.1 cm³/mol. The summed E-state index contributed by atoms with van der Waals surface area (Å²) in [5, 5.41) is 6.29. The number of carbonyl (C=O) groups excluding carboxylic acids is 1. The maximum absolute atomic E-state index is 11.2. The quantitative estimate of drug-likeness (QED) is 0.664. The van der Waals surface area contributed by atoms with Gasteiger partial charge >= 0.3 is 0 Å². The van der Waals surface area contributed by atoms with Gasteiger partial charge in [0, 0.05) is 18.7 Å². The Bertz CT molecular complexity index is 213. The normalized spacial score (nSPS) is 20.6. The largest absolute Gasteiger partial charge is 0.352 e. The van der Waals surface area contributed by atoms with Crippen LogP contribution in [0.3, 0.4) is 0 Å². The third kappa shape index (κ3) is 4.42. The summed E-state index contributed by atoms with van der Waals surface area (Å²) in [5.41, 5.74) is 1.04. The van der Waals surface area contributed by atoms with Crippen LogP contribution in [0.5, 0.6) is 0 Å². The molecule has 1 atom stereocenters. The van der Waals surface area contributed by atoms with Gasteiger partial charge < -0.3 is 10.6 Å². The molecule has 0 spiro atoms. The third-order valence-corrected chi connectivity index (χ3v) is 2.37. The highest BCUT2D eigenvalue weighted by Gasteiger charge is 2.12. The van der Waals surface area contributed by atoms with Gasteiger partial charge in [-0.05, 0) is 39.7 Å². The fraction of sp³-hybridized carbons (Fsp3) is 0.727. The third-order valence-electron chi connectivity index (χ3n) is 2.37. The molecule has 0 aromatic heterocycles. The van der Waals surface area contributed by atoms with Gasteiger partial charge in [0.05, 0.1) is 0 Å². The maximum atomic E-state index is 11.2. The van der Waals surface area contributed by atoms with Crippen molar-refractivity contribution in [3.05, 3.63) is 11.6 Å². The summed E-state index contributed by atoms with van der Waals surface area (Å²) in [6, 6.07) is 0.613. The second-order valence-corrected chi connectivity index (χ2v) is 4.09. The van der Waals surface area contributed by atoms with Crippen LogP contribution in [0, 0.1) is 0 Å². The molecule has 80 valence electrons. The van der Waals surface area contributed by atoms with Gasteiger partial charge in [0.1, 0.15) is 0 Å². The van der Waals surface area contributed by atoms with E-state index in [1.54, 1.807) is 6.08 Å². The fourth-order valence-electron chi connectivity index (χ4n) is 1.69. The van der Waals surface area contributed by atoms with Crippen LogP contribution < -0.4 is 10.6 Å². The summed E-state index contributed by atoms with van der Waals surface area (Å²) in [6.45, 7) is 5.77. The van der Waals surface area contributed by atoms with Crippen molar-refractivity contribution in [1.82, 2.24) is 10.6 Å². The summed E-state index contributed by atoms with van der Waals surface area (Å²) in [6.07, 6.45) is 5.20. The zero-order valence-electron chi connectivity index (χ0n) is 9.10. The van der Waals surface area contributed by atoms with Crippen molar-refractivity contribution in [2.75, 3.05) is 13.1 Å². The van der Waals surface area contributed by atoms with E-state index in [1.165, 1.54) is 12.8 Å². The lowest BCUT2D eigenvalue weighted by molar-refractivity contribution is -0.116. The highest BCUT2D eigenvalue weighted by atomic mass is 16.1. The van der Waals surface area contributed by atoms with Crippen molar-refractivity contribution >= 4 is 5.91 Å². The van der Waals surface area contributed by atoms with Crippen molar-refractivity contribution in [2.24, 2.45) is 0 Å². The first-order valence-electron chi connectivity index (χ1n) is 5.34. The van der Waals surface area contributed by atoms with E-state index < -0.39 is 0 Å². The highest BCUT2D eigenvalue weighted by molar-refractivity contribution is 5.87. The molecular weight excluding hydrogens is 176 g/mol. The van der Waals surface area contributed by atoms with Crippen molar-refractivity contribution < 1.29 is 4.79 Å². The lowest BCUT2D eigenvalue weighted by Gasteiger charge is -2.09. The van der Waals surface area contributed by atoms with Crippen LogP contribution in [0.2, 0.25) is 0 Å². The standard InChI is InChI=1S/C11H20N2O/c1-9(2)8-11(14)13-7-5-10-4-3-6-12-10/h8,10,12H,3-7H2,1-2H3,(H,13,14)/t10-/m0/s1. The molecule has 1 saturated heterocycles. The van der Waals surface area contributed by atoms with Crippen LogP contribution in [0.15, 0.2) is 11.6 Å². The van der Waals surface area contributed by atoms with Crippen LogP contribution in [-0.2, 0) is 4.79 Å². The zero-order valence-corrected chi connectivity index (χ0v) is 9.10. The number of amides is 1. The topological polar surface area (TPSA) is 41.1 Å². The summed E-state index contributed by atoms with van der Waals surface area (Å²) in [5.74, 6) is 0.0306. The van der Waals surface area contributed by atoms with Crippen LogP contribution in [0.4, 0.5) is 0 Å². The summed E-state index contributed by atoms with van der Waals surface area (Å²) in [7, 11) is 0. The molecule has 0 saturated carbocycles. The SMILES string of the molecule is CC(C)=CC(=O)NCC[C@@H]1CCCN1. The molecular formula is C11H20N2O. The average molecular weight is 196 g/mol. The van der Waals surface area contributed by atoms with Crippen LogP contribution in [-0.4, -0.2) is 25.0 Å². The summed E-state index contributed by atoms with van der Waals surface area (Å²) >= 11 is 0. The molecule has 0 radical (unpaired) electrons. The summed E-state index contributed by atoms with van der Waals surface area (Å²) in [4.78, 5) is 11.2. The first-order chi connectivity index (χ1) is 6.68. The molecule has 1 aliphatic rings. The van der Waals surface area contributed by atoms with Crippen molar-refractivity contribution in [3.8, 4) is 0 Å². The number of hydrogen-bond acceptors (Lipinski definition) is 2. The fourth-order valence-corrected chi connectivity index (χ4v) is 1.69. The van der Waals surface area contributed by atoms with E-state index in [0.29, 0.717) is 6.04 Å². The highest BCUT2D eigenvalue weighted by Crippen LogP contribution is 2.07. The van der Waals surface area contributed by atoms with Crippen molar-refractivity contribution in [1.29, 1.82) is 0 Å². The molecule has 0 unspecified atom stereocenters. The van der Waals surface area contributed by atoms with Crippen molar-refractivity contribution in [2.45, 2.75) is 39.2 Å². The van der Waals surface area contributed by atoms with Gasteiger partial charge in [-0.25, -0.2) is 0 Å². The molecule has 3 nitrogen and oxygen atoms in total. The number of allylic oxidation sites excluding steroid dienone is 1.